The van der Waals surface area contributed by atoms with E-state index in [1.807, 2.05) is 6.92 Å². The van der Waals surface area contributed by atoms with E-state index in [0.29, 0.717) is 30.3 Å². The lowest BCUT2D eigenvalue weighted by Crippen LogP contribution is -2.62. The molecular weight excluding hydrogens is 380 g/mol. The Morgan fingerprint density at radius 3 is 2.47 bits per heavy atom. The molecule has 0 radical (unpaired) electrons. The average molecular weight is 421 g/mol. The van der Waals surface area contributed by atoms with E-state index in [0.717, 1.165) is 57.8 Å². The van der Waals surface area contributed by atoms with Gasteiger partial charge in [-0.25, -0.2) is 0 Å². The van der Waals surface area contributed by atoms with Gasteiger partial charge < -0.3 is 24.8 Å². The van der Waals surface area contributed by atoms with Gasteiger partial charge in [0.25, 0.3) is 0 Å². The van der Waals surface area contributed by atoms with Gasteiger partial charge in [-0.05, 0) is 92.8 Å². The van der Waals surface area contributed by atoms with Crippen molar-refractivity contribution in [2.24, 2.45) is 40.4 Å². The number of hydrogen-bond donors (Lipinski definition) is 3. The Morgan fingerprint density at radius 2 is 1.73 bits per heavy atom. The number of aliphatic hydroxyl groups is 3. The summed E-state index contributed by atoms with van der Waals surface area (Å²) in [6.07, 6.45) is 8.06. The molecule has 2 heterocycles. The van der Waals surface area contributed by atoms with Gasteiger partial charge in [-0.15, -0.1) is 0 Å². The minimum Gasteiger partial charge on any atom is -0.393 e. The number of rotatable bonds is 0. The topological polar surface area (TPSA) is 79.2 Å². The highest BCUT2D eigenvalue weighted by atomic mass is 16.7. The molecule has 30 heavy (non-hydrogen) atoms. The van der Waals surface area contributed by atoms with Gasteiger partial charge in [0, 0.05) is 12.3 Å². The van der Waals surface area contributed by atoms with E-state index in [1.165, 1.54) is 0 Å². The van der Waals surface area contributed by atoms with Gasteiger partial charge in [-0.2, -0.15) is 0 Å². The molecule has 170 valence electrons. The Hall–Kier alpha value is -0.200. The molecule has 6 fully saturated rings. The van der Waals surface area contributed by atoms with Crippen molar-refractivity contribution in [3.8, 4) is 0 Å². The summed E-state index contributed by atoms with van der Waals surface area (Å²) >= 11 is 0. The zero-order valence-electron chi connectivity index (χ0n) is 18.8. The molecule has 5 nitrogen and oxygen atoms in total. The van der Waals surface area contributed by atoms with Crippen LogP contribution in [0.3, 0.4) is 0 Å². The highest BCUT2D eigenvalue weighted by Crippen LogP contribution is 2.72. The molecule has 0 bridgehead atoms. The van der Waals surface area contributed by atoms with Gasteiger partial charge in [-0.1, -0.05) is 13.8 Å². The second-order valence-corrected chi connectivity index (χ2v) is 12.5. The summed E-state index contributed by atoms with van der Waals surface area (Å²) in [5.74, 6) is 0.972. The van der Waals surface area contributed by atoms with Crippen molar-refractivity contribution in [1.82, 2.24) is 0 Å². The lowest BCUT2D eigenvalue weighted by atomic mass is 9.43. The summed E-state index contributed by atoms with van der Waals surface area (Å²) in [5.41, 5.74) is -1.01. The van der Waals surface area contributed by atoms with Crippen LogP contribution in [-0.4, -0.2) is 51.6 Å². The zero-order chi connectivity index (χ0) is 21.1. The third-order valence-electron chi connectivity index (χ3n) is 11.3. The Bertz CT molecular complexity index is 716. The van der Waals surface area contributed by atoms with Crippen molar-refractivity contribution in [2.45, 2.75) is 108 Å². The molecule has 0 aromatic carbocycles. The summed E-state index contributed by atoms with van der Waals surface area (Å²) in [6.45, 7) is 7.33. The summed E-state index contributed by atoms with van der Waals surface area (Å²) in [4.78, 5) is 0. The SMILES string of the molecule is C[C@]12CC[C@@H](O)C[C@@H]1CC[C@@H]1[C@@H]2[C@@H](O)C[C@@]2(C)[C@H]1C[C@@H]1O[C@]3(CCCO3)[C@](C)(O)[C@@H]12. The van der Waals surface area contributed by atoms with E-state index >= 15 is 0 Å². The smallest absolute Gasteiger partial charge is 0.197 e. The van der Waals surface area contributed by atoms with Crippen molar-refractivity contribution in [1.29, 1.82) is 0 Å². The average Bonchev–Trinajstić information content (AvgIpc) is 3.31. The maximum Gasteiger partial charge on any atom is 0.197 e. The van der Waals surface area contributed by atoms with Crippen LogP contribution in [0.4, 0.5) is 0 Å². The standard InChI is InChI=1S/C25H40O5/c1-22-9-7-15(26)11-14(22)5-6-16-17-12-19-21(23(17,2)13-18(27)20(16)22)24(3,28)25(30-19)8-4-10-29-25/h14-21,26-28H,4-13H2,1-3H3/t14-,15+,16-,17-,18-,19-,20+,21-,22-,23-,24+,25+/m0/s1. The second kappa shape index (κ2) is 6.22. The zero-order valence-corrected chi connectivity index (χ0v) is 18.8. The molecule has 6 aliphatic rings. The second-order valence-electron chi connectivity index (χ2n) is 12.5. The lowest BCUT2D eigenvalue weighted by Gasteiger charge is -2.63. The molecule has 0 aromatic rings. The van der Waals surface area contributed by atoms with Crippen LogP contribution in [0.2, 0.25) is 0 Å². The van der Waals surface area contributed by atoms with Crippen LogP contribution in [0.25, 0.3) is 0 Å². The fourth-order valence-electron chi connectivity index (χ4n) is 10.2. The van der Waals surface area contributed by atoms with E-state index < -0.39 is 11.4 Å². The van der Waals surface area contributed by atoms with E-state index in [9.17, 15) is 15.3 Å². The molecule has 1 spiro atoms. The Balaban J connectivity index is 1.35. The molecule has 0 unspecified atom stereocenters. The van der Waals surface area contributed by atoms with Gasteiger partial charge in [0.1, 0.15) is 5.60 Å². The highest BCUT2D eigenvalue weighted by Gasteiger charge is 2.75. The quantitative estimate of drug-likeness (QED) is 0.561. The Morgan fingerprint density at radius 1 is 0.933 bits per heavy atom. The van der Waals surface area contributed by atoms with Crippen molar-refractivity contribution < 1.29 is 24.8 Å². The first kappa shape index (κ1) is 20.4. The molecule has 6 rings (SSSR count). The minimum atomic E-state index is -1.01. The summed E-state index contributed by atoms with van der Waals surface area (Å²) in [5, 5.41) is 33.7. The normalized spacial score (nSPS) is 64.6. The molecule has 0 amide bonds. The predicted molar refractivity (Wildman–Crippen MR) is 111 cm³/mol. The van der Waals surface area contributed by atoms with Gasteiger partial charge in [0.15, 0.2) is 5.79 Å². The van der Waals surface area contributed by atoms with Crippen LogP contribution >= 0.6 is 0 Å². The molecule has 0 aromatic heterocycles. The van der Waals surface area contributed by atoms with Crippen LogP contribution in [0.1, 0.15) is 78.6 Å². The van der Waals surface area contributed by atoms with E-state index in [-0.39, 0.29) is 35.1 Å². The number of hydrogen-bond acceptors (Lipinski definition) is 5. The van der Waals surface area contributed by atoms with Crippen LogP contribution in [-0.2, 0) is 9.47 Å². The van der Waals surface area contributed by atoms with Crippen molar-refractivity contribution in [2.75, 3.05) is 6.61 Å². The monoisotopic (exact) mass is 420 g/mol. The lowest BCUT2D eigenvalue weighted by molar-refractivity contribution is -0.276. The maximum absolute atomic E-state index is 11.8. The number of fused-ring (bicyclic) bond motifs is 7. The van der Waals surface area contributed by atoms with Gasteiger partial charge in [-0.3, -0.25) is 0 Å². The van der Waals surface area contributed by atoms with Gasteiger partial charge >= 0.3 is 0 Å². The number of ether oxygens (including phenoxy) is 2. The fourth-order valence-corrected chi connectivity index (χ4v) is 10.2. The van der Waals surface area contributed by atoms with Crippen molar-refractivity contribution in [3.63, 3.8) is 0 Å². The first-order chi connectivity index (χ1) is 14.1. The molecule has 4 aliphatic carbocycles. The van der Waals surface area contributed by atoms with Gasteiger partial charge in [0.2, 0.25) is 0 Å². The molecule has 2 saturated heterocycles. The minimum absolute atomic E-state index is 0.0161. The fraction of sp³-hybridized carbons (Fsp3) is 1.00. The van der Waals surface area contributed by atoms with Gasteiger partial charge in [0.05, 0.1) is 24.9 Å². The summed E-state index contributed by atoms with van der Waals surface area (Å²) < 4.78 is 12.6. The first-order valence-electron chi connectivity index (χ1n) is 12.5. The molecule has 5 heteroatoms. The third kappa shape index (κ3) is 2.32. The van der Waals surface area contributed by atoms with Crippen molar-refractivity contribution >= 4 is 0 Å². The highest BCUT2D eigenvalue weighted by molar-refractivity contribution is 5.21. The predicted octanol–water partition coefficient (Wildman–Crippen LogP) is 3.24. The first-order valence-corrected chi connectivity index (χ1v) is 12.5. The largest absolute Gasteiger partial charge is 0.393 e. The van der Waals surface area contributed by atoms with E-state index in [4.69, 9.17) is 9.47 Å². The summed E-state index contributed by atoms with van der Waals surface area (Å²) in [7, 11) is 0. The van der Waals surface area contributed by atoms with E-state index in [1.54, 1.807) is 0 Å². The Kier molecular flexibility index (Phi) is 4.23. The van der Waals surface area contributed by atoms with Crippen LogP contribution in [0, 0.1) is 40.4 Å². The molecule has 4 saturated carbocycles. The summed E-state index contributed by atoms with van der Waals surface area (Å²) in [6, 6.07) is 0. The van der Waals surface area contributed by atoms with Crippen LogP contribution in [0.5, 0.6) is 0 Å². The Labute approximate surface area is 180 Å². The molecule has 12 atom stereocenters. The maximum atomic E-state index is 11.8. The van der Waals surface area contributed by atoms with Crippen LogP contribution in [0.15, 0.2) is 0 Å². The third-order valence-corrected chi connectivity index (χ3v) is 11.3. The van der Waals surface area contributed by atoms with E-state index in [2.05, 4.69) is 13.8 Å². The van der Waals surface area contributed by atoms with Crippen LogP contribution < -0.4 is 0 Å². The molecule has 2 aliphatic heterocycles. The number of aliphatic hydroxyl groups excluding tert-OH is 2. The van der Waals surface area contributed by atoms with Crippen molar-refractivity contribution in [3.05, 3.63) is 0 Å². The molecular formula is C25H40O5. The molecule has 3 N–H and O–H groups in total.